The Morgan fingerprint density at radius 1 is 1.08 bits per heavy atom. The third kappa shape index (κ3) is 4.17. The van der Waals surface area contributed by atoms with E-state index >= 15 is 0 Å². The summed E-state index contributed by atoms with van der Waals surface area (Å²) in [7, 11) is -0.332. The molecule has 3 saturated carbocycles. The van der Waals surface area contributed by atoms with Gasteiger partial charge in [0.2, 0.25) is 5.91 Å². The molecule has 2 aliphatic heterocycles. The first-order valence-electron chi connectivity index (χ1n) is 13.5. The molecule has 0 aromatic carbocycles. The van der Waals surface area contributed by atoms with Crippen LogP contribution < -0.4 is 0 Å². The number of aromatic nitrogens is 2. The van der Waals surface area contributed by atoms with Gasteiger partial charge in [0.15, 0.2) is 0 Å². The molecule has 36 heavy (non-hydrogen) atoms. The predicted molar refractivity (Wildman–Crippen MR) is 137 cm³/mol. The van der Waals surface area contributed by atoms with Gasteiger partial charge in [0.05, 0.1) is 35.6 Å². The maximum absolute atomic E-state index is 13.7. The number of hydrogen-bond acceptors (Lipinski definition) is 6. The van der Waals surface area contributed by atoms with Gasteiger partial charge in [-0.1, -0.05) is 26.0 Å². The van der Waals surface area contributed by atoms with E-state index in [1.807, 2.05) is 41.3 Å². The van der Waals surface area contributed by atoms with Crippen molar-refractivity contribution in [1.29, 1.82) is 0 Å². The first kappa shape index (κ1) is 24.1. The molecule has 190 valence electrons. The highest BCUT2D eigenvalue weighted by Crippen LogP contribution is 2.65. The summed E-state index contributed by atoms with van der Waals surface area (Å²) in [6, 6.07) is 11.8. The van der Waals surface area contributed by atoms with Gasteiger partial charge in [0.1, 0.15) is 0 Å². The Morgan fingerprint density at radius 2 is 1.78 bits per heavy atom. The molecular formula is C28H37BN4O3. The third-order valence-corrected chi connectivity index (χ3v) is 9.48. The summed E-state index contributed by atoms with van der Waals surface area (Å²) >= 11 is 0. The second kappa shape index (κ2) is 9.23. The zero-order chi connectivity index (χ0) is 24.9. The fourth-order valence-corrected chi connectivity index (χ4v) is 7.34. The van der Waals surface area contributed by atoms with E-state index in [0.29, 0.717) is 31.0 Å². The summed E-state index contributed by atoms with van der Waals surface area (Å²) in [6.45, 7) is 9.27. The molecule has 0 N–H and O–H groups in total. The molecule has 2 aromatic rings. The summed E-state index contributed by atoms with van der Waals surface area (Å²) in [5, 5.41) is 0. The van der Waals surface area contributed by atoms with Crippen molar-refractivity contribution in [3.63, 3.8) is 0 Å². The summed E-state index contributed by atoms with van der Waals surface area (Å²) in [6.07, 6.45) is 7.95. The normalized spacial score (nSPS) is 32.4. The Hall–Kier alpha value is -2.29. The van der Waals surface area contributed by atoms with Gasteiger partial charge in [0.25, 0.3) is 0 Å². The maximum Gasteiger partial charge on any atom is 0.481 e. The standard InChI is InChI=1S/C28H37BN4O3/c1-27(2)20-15-23(27)28(3)24(16-20)35-29(36-28)25-11-8-14-33(25)26(34)19-32(17-21-9-4-6-12-30-21)18-22-10-5-7-13-31-22/h4-7,9-10,12-13,20,23-25H,8,11,14-19H2,1-3H3/t20-,23?,24?,25?,28?/m1/s1. The third-order valence-electron chi connectivity index (χ3n) is 9.48. The Bertz CT molecular complexity index is 1050. The van der Waals surface area contributed by atoms with E-state index in [2.05, 4.69) is 35.6 Å². The van der Waals surface area contributed by atoms with Crippen LogP contribution in [0.4, 0.5) is 0 Å². The van der Waals surface area contributed by atoms with Crippen molar-refractivity contribution in [2.24, 2.45) is 17.3 Å². The van der Waals surface area contributed by atoms with E-state index in [9.17, 15) is 4.79 Å². The highest BCUT2D eigenvalue weighted by molar-refractivity contribution is 6.48. The van der Waals surface area contributed by atoms with Crippen LogP contribution in [-0.4, -0.2) is 63.5 Å². The van der Waals surface area contributed by atoms with Gasteiger partial charge in [-0.05, 0) is 74.1 Å². The number of hydrogen-bond donors (Lipinski definition) is 0. The van der Waals surface area contributed by atoms with Gasteiger partial charge in [-0.25, -0.2) is 0 Å². The lowest BCUT2D eigenvalue weighted by Crippen LogP contribution is -2.65. The topological polar surface area (TPSA) is 67.8 Å². The Morgan fingerprint density at radius 3 is 2.39 bits per heavy atom. The van der Waals surface area contributed by atoms with Gasteiger partial charge in [-0.2, -0.15) is 0 Å². The number of nitrogens with zero attached hydrogens (tertiary/aromatic N) is 4. The number of rotatable bonds is 7. The van der Waals surface area contributed by atoms with Crippen LogP contribution in [0, 0.1) is 17.3 Å². The van der Waals surface area contributed by atoms with Crippen molar-refractivity contribution in [1.82, 2.24) is 19.8 Å². The smallest absolute Gasteiger partial charge is 0.404 e. The molecule has 8 heteroatoms. The van der Waals surface area contributed by atoms with Crippen molar-refractivity contribution in [3.8, 4) is 0 Å². The molecule has 7 nitrogen and oxygen atoms in total. The molecule has 0 radical (unpaired) electrons. The second-order valence-electron chi connectivity index (χ2n) is 11.9. The summed E-state index contributed by atoms with van der Waals surface area (Å²) in [4.78, 5) is 26.8. The van der Waals surface area contributed by atoms with Crippen LogP contribution in [0.3, 0.4) is 0 Å². The van der Waals surface area contributed by atoms with Gasteiger partial charge >= 0.3 is 7.12 Å². The Labute approximate surface area is 214 Å². The van der Waals surface area contributed by atoms with Crippen LogP contribution in [0.25, 0.3) is 0 Å². The van der Waals surface area contributed by atoms with E-state index in [-0.39, 0.29) is 30.7 Å². The minimum atomic E-state index is -0.332. The first-order chi connectivity index (χ1) is 17.3. The molecule has 4 heterocycles. The number of likely N-dealkylation sites (tertiary alicyclic amines) is 1. The number of amides is 1. The molecule has 5 fully saturated rings. The van der Waals surface area contributed by atoms with E-state index in [1.54, 1.807) is 12.4 Å². The fourth-order valence-electron chi connectivity index (χ4n) is 7.34. The number of carbonyl (C=O) groups is 1. The molecule has 2 aromatic heterocycles. The molecule has 0 spiro atoms. The lowest BCUT2D eigenvalue weighted by molar-refractivity contribution is -0.199. The highest BCUT2D eigenvalue weighted by Gasteiger charge is 2.69. The fraction of sp³-hybridized carbons (Fsp3) is 0.607. The van der Waals surface area contributed by atoms with Crippen molar-refractivity contribution >= 4 is 13.0 Å². The van der Waals surface area contributed by atoms with Crippen molar-refractivity contribution in [2.45, 2.75) is 77.2 Å². The average molecular weight is 488 g/mol. The molecule has 5 aliphatic rings. The molecular weight excluding hydrogens is 451 g/mol. The molecule has 2 bridgehead atoms. The van der Waals surface area contributed by atoms with Crippen molar-refractivity contribution in [3.05, 3.63) is 60.2 Å². The molecule has 7 rings (SSSR count). The Balaban J connectivity index is 1.16. The SMILES string of the molecule is CC12OB(C3CCCN3C(=O)CN(Cc3ccccn3)Cc3ccccn3)OC1C[C@H]1CC2C1(C)C. The highest BCUT2D eigenvalue weighted by atomic mass is 16.7. The first-order valence-corrected chi connectivity index (χ1v) is 13.5. The largest absolute Gasteiger partial charge is 0.481 e. The molecule has 5 atom stereocenters. The predicted octanol–water partition coefficient (Wildman–Crippen LogP) is 3.74. The minimum Gasteiger partial charge on any atom is -0.404 e. The lowest BCUT2D eigenvalue weighted by Gasteiger charge is -2.64. The zero-order valence-corrected chi connectivity index (χ0v) is 21.7. The van der Waals surface area contributed by atoms with Gasteiger partial charge in [0, 0.05) is 32.0 Å². The lowest BCUT2D eigenvalue weighted by atomic mass is 9.43. The van der Waals surface area contributed by atoms with Crippen LogP contribution in [-0.2, 0) is 27.2 Å². The monoisotopic (exact) mass is 488 g/mol. The van der Waals surface area contributed by atoms with E-state index < -0.39 is 0 Å². The van der Waals surface area contributed by atoms with Gasteiger partial charge in [-0.15, -0.1) is 0 Å². The average Bonchev–Trinajstić information content (AvgIpc) is 3.49. The van der Waals surface area contributed by atoms with E-state index in [4.69, 9.17) is 9.31 Å². The summed E-state index contributed by atoms with van der Waals surface area (Å²) in [5.74, 6) is 1.35. The maximum atomic E-state index is 13.7. The minimum absolute atomic E-state index is 0.0215. The molecule has 1 amide bonds. The molecule has 4 unspecified atom stereocenters. The summed E-state index contributed by atoms with van der Waals surface area (Å²) in [5.41, 5.74) is 1.96. The summed E-state index contributed by atoms with van der Waals surface area (Å²) < 4.78 is 13.3. The van der Waals surface area contributed by atoms with E-state index in [1.165, 1.54) is 6.42 Å². The van der Waals surface area contributed by atoms with Crippen LogP contribution in [0.15, 0.2) is 48.8 Å². The quantitative estimate of drug-likeness (QED) is 0.554. The zero-order valence-electron chi connectivity index (χ0n) is 21.7. The number of pyridine rings is 2. The van der Waals surface area contributed by atoms with Crippen molar-refractivity contribution in [2.75, 3.05) is 13.1 Å². The van der Waals surface area contributed by atoms with Crippen LogP contribution in [0.5, 0.6) is 0 Å². The van der Waals surface area contributed by atoms with Gasteiger partial charge in [-0.3, -0.25) is 19.7 Å². The molecule has 3 aliphatic carbocycles. The number of carbonyl (C=O) groups excluding carboxylic acids is 1. The van der Waals surface area contributed by atoms with E-state index in [0.717, 1.165) is 43.1 Å². The van der Waals surface area contributed by atoms with Gasteiger partial charge < -0.3 is 14.2 Å². The van der Waals surface area contributed by atoms with Crippen molar-refractivity contribution < 1.29 is 14.1 Å². The van der Waals surface area contributed by atoms with Crippen LogP contribution in [0.1, 0.15) is 57.8 Å². The van der Waals surface area contributed by atoms with Crippen LogP contribution in [0.2, 0.25) is 0 Å². The Kier molecular flexibility index (Phi) is 6.17. The van der Waals surface area contributed by atoms with Crippen LogP contribution >= 0.6 is 0 Å². The molecule has 2 saturated heterocycles. The second-order valence-corrected chi connectivity index (χ2v) is 11.9.